The summed E-state index contributed by atoms with van der Waals surface area (Å²) in [6, 6.07) is 11.9. The molecule has 0 radical (unpaired) electrons. The van der Waals surface area contributed by atoms with Crippen LogP contribution in [-0.4, -0.2) is 39.1 Å². The molecule has 0 saturated heterocycles. The number of fused-ring (bicyclic) bond motifs is 3. The van der Waals surface area contributed by atoms with Crippen molar-refractivity contribution in [1.29, 1.82) is 0 Å². The van der Waals surface area contributed by atoms with Crippen molar-refractivity contribution in [3.05, 3.63) is 66.6 Å². The Balaban J connectivity index is 1.62. The number of aromatic nitrogens is 8. The minimum absolute atomic E-state index is 0.518. The highest BCUT2D eigenvalue weighted by molar-refractivity contribution is 5.89. The SMILES string of the molecule is Cc1ccn(Cc2nc3c4cnn(-c5ccccc5)c4ncn3n2)n1. The third-order valence-electron chi connectivity index (χ3n) is 4.03. The number of aryl methyl sites for hydroxylation is 1. The fraction of sp³-hybridized carbons (Fsp3) is 0.118. The van der Waals surface area contributed by atoms with Gasteiger partial charge in [-0.25, -0.2) is 19.2 Å². The van der Waals surface area contributed by atoms with E-state index in [4.69, 9.17) is 0 Å². The van der Waals surface area contributed by atoms with Crippen molar-refractivity contribution in [3.8, 4) is 5.69 Å². The second-order valence-corrected chi connectivity index (χ2v) is 5.82. The van der Waals surface area contributed by atoms with Crippen LogP contribution >= 0.6 is 0 Å². The molecule has 0 atom stereocenters. The molecule has 8 nitrogen and oxygen atoms in total. The summed E-state index contributed by atoms with van der Waals surface area (Å²) in [5.41, 5.74) is 3.43. The normalized spacial score (nSPS) is 11.6. The molecule has 4 aromatic heterocycles. The van der Waals surface area contributed by atoms with Crippen molar-refractivity contribution in [3.63, 3.8) is 0 Å². The van der Waals surface area contributed by atoms with Crippen LogP contribution < -0.4 is 0 Å². The van der Waals surface area contributed by atoms with Gasteiger partial charge in [-0.3, -0.25) is 4.68 Å². The largest absolute Gasteiger partial charge is 0.265 e. The molecule has 0 N–H and O–H groups in total. The number of para-hydroxylation sites is 1. The monoisotopic (exact) mass is 330 g/mol. The summed E-state index contributed by atoms with van der Waals surface area (Å²) >= 11 is 0. The van der Waals surface area contributed by atoms with E-state index in [-0.39, 0.29) is 0 Å². The van der Waals surface area contributed by atoms with Crippen molar-refractivity contribution < 1.29 is 0 Å². The molecule has 0 amide bonds. The number of hydrogen-bond donors (Lipinski definition) is 0. The lowest BCUT2D eigenvalue weighted by atomic mass is 10.3. The number of benzene rings is 1. The lowest BCUT2D eigenvalue weighted by Crippen LogP contribution is -2.02. The summed E-state index contributed by atoms with van der Waals surface area (Å²) in [5, 5.41) is 14.2. The molecule has 0 unspecified atom stereocenters. The summed E-state index contributed by atoms with van der Waals surface area (Å²) in [5.74, 6) is 0.685. The van der Waals surface area contributed by atoms with E-state index in [0.29, 0.717) is 12.4 Å². The van der Waals surface area contributed by atoms with E-state index < -0.39 is 0 Å². The molecule has 0 saturated carbocycles. The highest BCUT2D eigenvalue weighted by atomic mass is 15.4. The van der Waals surface area contributed by atoms with E-state index in [2.05, 4.69) is 25.3 Å². The molecule has 5 aromatic rings. The average Bonchev–Trinajstić information content (AvgIpc) is 3.33. The first-order valence-electron chi connectivity index (χ1n) is 7.91. The molecule has 5 rings (SSSR count). The molecular weight excluding hydrogens is 316 g/mol. The first-order chi connectivity index (χ1) is 12.3. The van der Waals surface area contributed by atoms with Gasteiger partial charge in [0.1, 0.15) is 12.9 Å². The van der Waals surface area contributed by atoms with Gasteiger partial charge in [0.2, 0.25) is 0 Å². The highest BCUT2D eigenvalue weighted by Gasteiger charge is 2.13. The average molecular weight is 330 g/mol. The summed E-state index contributed by atoms with van der Waals surface area (Å²) in [7, 11) is 0. The maximum absolute atomic E-state index is 4.65. The van der Waals surface area contributed by atoms with E-state index in [1.165, 1.54) is 0 Å². The second-order valence-electron chi connectivity index (χ2n) is 5.82. The zero-order chi connectivity index (χ0) is 16.8. The lowest BCUT2D eigenvalue weighted by Gasteiger charge is -2.01. The van der Waals surface area contributed by atoms with Gasteiger partial charge in [0.15, 0.2) is 17.1 Å². The summed E-state index contributed by atoms with van der Waals surface area (Å²) < 4.78 is 5.31. The predicted molar refractivity (Wildman–Crippen MR) is 91.5 cm³/mol. The van der Waals surface area contributed by atoms with Crippen molar-refractivity contribution >= 4 is 16.7 Å². The molecule has 0 bridgehead atoms. The Bertz CT molecular complexity index is 1180. The Kier molecular flexibility index (Phi) is 2.90. The van der Waals surface area contributed by atoms with Gasteiger partial charge in [-0.15, -0.1) is 5.10 Å². The molecule has 0 fully saturated rings. The van der Waals surface area contributed by atoms with Crippen molar-refractivity contribution in [1.82, 2.24) is 39.1 Å². The van der Waals surface area contributed by atoms with Crippen LogP contribution in [0.25, 0.3) is 22.4 Å². The molecule has 8 heteroatoms. The van der Waals surface area contributed by atoms with Gasteiger partial charge in [-0.2, -0.15) is 10.2 Å². The van der Waals surface area contributed by atoms with E-state index >= 15 is 0 Å². The van der Waals surface area contributed by atoms with Crippen LogP contribution in [0.3, 0.4) is 0 Å². The van der Waals surface area contributed by atoms with Crippen LogP contribution in [0.4, 0.5) is 0 Å². The van der Waals surface area contributed by atoms with Gasteiger partial charge in [-0.1, -0.05) is 18.2 Å². The second kappa shape index (κ2) is 5.23. The Morgan fingerprint density at radius 2 is 1.88 bits per heavy atom. The summed E-state index contributed by atoms with van der Waals surface area (Å²) in [6.07, 6.45) is 5.37. The lowest BCUT2D eigenvalue weighted by molar-refractivity contribution is 0.648. The van der Waals surface area contributed by atoms with Crippen LogP contribution in [0.15, 0.2) is 55.1 Å². The molecule has 0 aliphatic carbocycles. The topological polar surface area (TPSA) is 78.7 Å². The first kappa shape index (κ1) is 13.8. The minimum atomic E-state index is 0.518. The van der Waals surface area contributed by atoms with E-state index in [1.807, 2.05) is 54.2 Å². The molecule has 25 heavy (non-hydrogen) atoms. The van der Waals surface area contributed by atoms with E-state index in [1.54, 1.807) is 21.7 Å². The maximum atomic E-state index is 4.65. The third-order valence-corrected chi connectivity index (χ3v) is 4.03. The number of rotatable bonds is 3. The molecular formula is C17H14N8. The summed E-state index contributed by atoms with van der Waals surface area (Å²) in [4.78, 5) is 9.16. The third kappa shape index (κ3) is 2.26. The standard InChI is InChI=1S/C17H14N8/c1-12-7-8-23(21-12)10-15-20-17-14-9-19-25(13-5-3-2-4-6-13)16(14)18-11-24(17)22-15/h2-9,11H,10H2,1H3. The fourth-order valence-electron chi connectivity index (χ4n) is 2.89. The quantitative estimate of drug-likeness (QED) is 0.506. The van der Waals surface area contributed by atoms with Gasteiger partial charge in [0.05, 0.1) is 23.0 Å². The Hall–Kier alpha value is -3.55. The highest BCUT2D eigenvalue weighted by Crippen LogP contribution is 2.19. The molecule has 1 aromatic carbocycles. The zero-order valence-electron chi connectivity index (χ0n) is 13.5. The van der Waals surface area contributed by atoms with Crippen molar-refractivity contribution in [2.24, 2.45) is 0 Å². The van der Waals surface area contributed by atoms with Crippen LogP contribution in [0.1, 0.15) is 11.5 Å². The van der Waals surface area contributed by atoms with E-state index in [0.717, 1.165) is 28.1 Å². The van der Waals surface area contributed by atoms with Crippen molar-refractivity contribution in [2.75, 3.05) is 0 Å². The number of hydrogen-bond acceptors (Lipinski definition) is 5. The van der Waals surface area contributed by atoms with Crippen LogP contribution in [0.2, 0.25) is 0 Å². The van der Waals surface area contributed by atoms with Crippen LogP contribution in [0.5, 0.6) is 0 Å². The Morgan fingerprint density at radius 3 is 2.68 bits per heavy atom. The van der Waals surface area contributed by atoms with Gasteiger partial charge >= 0.3 is 0 Å². The Morgan fingerprint density at radius 1 is 1.00 bits per heavy atom. The van der Waals surface area contributed by atoms with E-state index in [9.17, 15) is 0 Å². The van der Waals surface area contributed by atoms with Crippen molar-refractivity contribution in [2.45, 2.75) is 13.5 Å². The first-order valence-corrected chi connectivity index (χ1v) is 7.91. The minimum Gasteiger partial charge on any atom is -0.265 e. The van der Waals surface area contributed by atoms with Gasteiger partial charge in [0.25, 0.3) is 0 Å². The molecule has 0 aliphatic rings. The fourth-order valence-corrected chi connectivity index (χ4v) is 2.89. The Labute approximate surface area is 142 Å². The van der Waals surface area contributed by atoms with Gasteiger partial charge < -0.3 is 0 Å². The predicted octanol–water partition coefficient (Wildman–Crippen LogP) is 2.02. The zero-order valence-corrected chi connectivity index (χ0v) is 13.5. The number of nitrogens with zero attached hydrogens (tertiary/aromatic N) is 8. The molecule has 122 valence electrons. The maximum Gasteiger partial charge on any atom is 0.173 e. The summed E-state index contributed by atoms with van der Waals surface area (Å²) in [6.45, 7) is 2.48. The molecule has 0 spiro atoms. The smallest absolute Gasteiger partial charge is 0.173 e. The van der Waals surface area contributed by atoms with Crippen LogP contribution in [0, 0.1) is 6.92 Å². The van der Waals surface area contributed by atoms with Crippen LogP contribution in [-0.2, 0) is 6.54 Å². The molecule has 4 heterocycles. The molecule has 0 aliphatic heterocycles. The van der Waals surface area contributed by atoms with Gasteiger partial charge in [-0.05, 0) is 25.1 Å². The van der Waals surface area contributed by atoms with Gasteiger partial charge in [0, 0.05) is 6.20 Å².